The summed E-state index contributed by atoms with van der Waals surface area (Å²) >= 11 is 0. The number of ether oxygens (including phenoxy) is 1. The second-order valence-corrected chi connectivity index (χ2v) is 7.02. The molecule has 5 nitrogen and oxygen atoms in total. The number of para-hydroxylation sites is 1. The fraction of sp³-hybridized carbons (Fsp3) is 0.450. The van der Waals surface area contributed by atoms with Crippen LogP contribution in [0.2, 0.25) is 0 Å². The molecule has 0 saturated heterocycles. The Hall–Kier alpha value is -2.27. The highest BCUT2D eigenvalue weighted by molar-refractivity contribution is 6.10. The van der Waals surface area contributed by atoms with Gasteiger partial charge in [-0.25, -0.2) is 0 Å². The van der Waals surface area contributed by atoms with E-state index in [9.17, 15) is 4.79 Å². The molecular weight excluding hydrogens is 314 g/mol. The zero-order chi connectivity index (χ0) is 18.1. The number of methoxy groups -OCH3 is 1. The quantitative estimate of drug-likeness (QED) is 0.738. The maximum absolute atomic E-state index is 12.7. The van der Waals surface area contributed by atoms with Crippen molar-refractivity contribution in [3.63, 3.8) is 0 Å². The SMILES string of the molecule is COCCn1c(C(=O)NC(C)C)cc2c1c1ccccc1n2C(C)C. The van der Waals surface area contributed by atoms with Gasteiger partial charge in [0, 0.05) is 31.1 Å². The number of nitrogens with zero attached hydrogens (tertiary/aromatic N) is 2. The van der Waals surface area contributed by atoms with E-state index < -0.39 is 0 Å². The zero-order valence-corrected chi connectivity index (χ0v) is 15.7. The highest BCUT2D eigenvalue weighted by atomic mass is 16.5. The molecule has 0 radical (unpaired) electrons. The number of hydrogen-bond acceptors (Lipinski definition) is 2. The van der Waals surface area contributed by atoms with Gasteiger partial charge in [-0.2, -0.15) is 0 Å². The van der Waals surface area contributed by atoms with Crippen molar-refractivity contribution in [3.05, 3.63) is 36.0 Å². The number of hydrogen-bond donors (Lipinski definition) is 1. The number of rotatable bonds is 6. The molecule has 0 aliphatic carbocycles. The van der Waals surface area contributed by atoms with Crippen LogP contribution in [0.25, 0.3) is 21.9 Å². The molecule has 1 amide bonds. The molecule has 25 heavy (non-hydrogen) atoms. The Morgan fingerprint density at radius 3 is 2.52 bits per heavy atom. The van der Waals surface area contributed by atoms with Crippen molar-refractivity contribution >= 4 is 27.8 Å². The Balaban J connectivity index is 2.30. The van der Waals surface area contributed by atoms with E-state index in [1.54, 1.807) is 7.11 Å². The average Bonchev–Trinajstić information content (AvgIpc) is 3.06. The third-order valence-electron chi connectivity index (χ3n) is 4.44. The Morgan fingerprint density at radius 2 is 1.88 bits per heavy atom. The summed E-state index contributed by atoms with van der Waals surface area (Å²) in [7, 11) is 1.69. The van der Waals surface area contributed by atoms with Gasteiger partial charge in [0.25, 0.3) is 5.91 Å². The number of carbonyl (C=O) groups excluding carboxylic acids is 1. The average molecular weight is 341 g/mol. The largest absolute Gasteiger partial charge is 0.383 e. The van der Waals surface area contributed by atoms with Crippen molar-refractivity contribution < 1.29 is 9.53 Å². The smallest absolute Gasteiger partial charge is 0.268 e. The second kappa shape index (κ2) is 6.92. The molecule has 134 valence electrons. The molecule has 3 rings (SSSR count). The number of aromatic nitrogens is 2. The first kappa shape index (κ1) is 17.5. The molecule has 3 aromatic rings. The van der Waals surface area contributed by atoms with Crippen molar-refractivity contribution in [2.75, 3.05) is 13.7 Å². The van der Waals surface area contributed by atoms with Crippen LogP contribution in [0.1, 0.15) is 44.2 Å². The molecule has 5 heteroatoms. The van der Waals surface area contributed by atoms with Crippen molar-refractivity contribution in [3.8, 4) is 0 Å². The van der Waals surface area contributed by atoms with Crippen LogP contribution in [0.4, 0.5) is 0 Å². The summed E-state index contributed by atoms with van der Waals surface area (Å²) in [5.74, 6) is -0.0401. The van der Waals surface area contributed by atoms with Crippen LogP contribution in [0.15, 0.2) is 30.3 Å². The van der Waals surface area contributed by atoms with Crippen LogP contribution >= 0.6 is 0 Å². The Labute approximate surface area is 148 Å². The number of benzene rings is 1. The fourth-order valence-corrected chi connectivity index (χ4v) is 3.51. The zero-order valence-electron chi connectivity index (χ0n) is 15.7. The highest BCUT2D eigenvalue weighted by Gasteiger charge is 2.22. The third-order valence-corrected chi connectivity index (χ3v) is 4.44. The molecule has 0 aliphatic rings. The highest BCUT2D eigenvalue weighted by Crippen LogP contribution is 2.34. The summed E-state index contributed by atoms with van der Waals surface area (Å²) in [5, 5.41) is 4.19. The van der Waals surface area contributed by atoms with Crippen LogP contribution in [0.3, 0.4) is 0 Å². The van der Waals surface area contributed by atoms with Crippen LogP contribution in [-0.4, -0.2) is 34.8 Å². The molecule has 0 aliphatic heterocycles. The Bertz CT molecular complexity index is 903. The van der Waals surface area contributed by atoms with E-state index in [0.717, 1.165) is 11.0 Å². The topological polar surface area (TPSA) is 48.2 Å². The van der Waals surface area contributed by atoms with Crippen molar-refractivity contribution in [1.29, 1.82) is 0 Å². The molecule has 0 fully saturated rings. The van der Waals surface area contributed by atoms with E-state index in [2.05, 4.69) is 46.5 Å². The first-order valence-corrected chi connectivity index (χ1v) is 8.87. The Morgan fingerprint density at radius 1 is 1.16 bits per heavy atom. The standard InChI is InChI=1S/C20H27N3O2/c1-13(2)21-20(24)18-12-17-19(22(18)10-11-25-5)15-8-6-7-9-16(15)23(17)14(3)4/h6-9,12-14H,10-11H2,1-5H3,(H,21,24). The predicted molar refractivity (Wildman–Crippen MR) is 102 cm³/mol. The van der Waals surface area contributed by atoms with Crippen LogP contribution < -0.4 is 5.32 Å². The lowest BCUT2D eigenvalue weighted by atomic mass is 10.2. The molecule has 0 unspecified atom stereocenters. The van der Waals surface area contributed by atoms with E-state index in [1.165, 1.54) is 10.9 Å². The van der Waals surface area contributed by atoms with E-state index >= 15 is 0 Å². The van der Waals surface area contributed by atoms with Crippen LogP contribution in [-0.2, 0) is 11.3 Å². The molecular formula is C20H27N3O2. The first-order chi connectivity index (χ1) is 12.0. The van der Waals surface area contributed by atoms with Crippen LogP contribution in [0, 0.1) is 0 Å². The van der Waals surface area contributed by atoms with Gasteiger partial charge in [-0.3, -0.25) is 4.79 Å². The molecule has 1 aromatic carbocycles. The maximum Gasteiger partial charge on any atom is 0.268 e. The molecule has 2 heterocycles. The summed E-state index contributed by atoms with van der Waals surface area (Å²) < 4.78 is 9.69. The molecule has 0 bridgehead atoms. The molecule has 0 spiro atoms. The molecule has 0 saturated carbocycles. The van der Waals surface area contributed by atoms with E-state index in [1.807, 2.05) is 26.0 Å². The monoisotopic (exact) mass is 341 g/mol. The molecule has 0 atom stereocenters. The normalized spacial score (nSPS) is 12.0. The number of fused-ring (bicyclic) bond motifs is 3. The predicted octanol–water partition coefficient (Wildman–Crippen LogP) is 3.96. The lowest BCUT2D eigenvalue weighted by molar-refractivity contribution is 0.0931. The van der Waals surface area contributed by atoms with Gasteiger partial charge in [0.2, 0.25) is 0 Å². The number of nitrogens with one attached hydrogen (secondary N) is 1. The minimum atomic E-state index is -0.0401. The van der Waals surface area contributed by atoms with Crippen LogP contribution in [0.5, 0.6) is 0 Å². The number of carbonyl (C=O) groups is 1. The van der Waals surface area contributed by atoms with Gasteiger partial charge in [0.1, 0.15) is 5.69 Å². The Kier molecular flexibility index (Phi) is 4.86. The second-order valence-electron chi connectivity index (χ2n) is 7.02. The van der Waals surface area contributed by atoms with Gasteiger partial charge in [0.05, 0.1) is 23.2 Å². The summed E-state index contributed by atoms with van der Waals surface area (Å²) in [6.07, 6.45) is 0. The van der Waals surface area contributed by atoms with Gasteiger partial charge in [-0.15, -0.1) is 0 Å². The van der Waals surface area contributed by atoms with Crippen molar-refractivity contribution in [2.24, 2.45) is 0 Å². The minimum absolute atomic E-state index is 0.0401. The van der Waals surface area contributed by atoms with E-state index in [-0.39, 0.29) is 11.9 Å². The lowest BCUT2D eigenvalue weighted by Gasteiger charge is -2.13. The summed E-state index contributed by atoms with van der Waals surface area (Å²) in [4.78, 5) is 12.7. The molecule has 1 N–H and O–H groups in total. The van der Waals surface area contributed by atoms with Gasteiger partial charge < -0.3 is 19.2 Å². The third kappa shape index (κ3) is 3.04. The van der Waals surface area contributed by atoms with Gasteiger partial charge in [-0.1, -0.05) is 18.2 Å². The minimum Gasteiger partial charge on any atom is -0.383 e. The number of amides is 1. The van der Waals surface area contributed by atoms with E-state index in [0.29, 0.717) is 24.9 Å². The maximum atomic E-state index is 12.7. The first-order valence-electron chi connectivity index (χ1n) is 8.87. The summed E-state index contributed by atoms with van der Waals surface area (Å²) in [6.45, 7) is 9.51. The van der Waals surface area contributed by atoms with Gasteiger partial charge in [0.15, 0.2) is 0 Å². The molecule has 2 aromatic heterocycles. The lowest BCUT2D eigenvalue weighted by Crippen LogP contribution is -2.32. The van der Waals surface area contributed by atoms with Crippen molar-refractivity contribution in [1.82, 2.24) is 14.5 Å². The van der Waals surface area contributed by atoms with E-state index in [4.69, 9.17) is 4.74 Å². The summed E-state index contributed by atoms with van der Waals surface area (Å²) in [5.41, 5.74) is 4.09. The fourth-order valence-electron chi connectivity index (χ4n) is 3.51. The summed E-state index contributed by atoms with van der Waals surface area (Å²) in [6, 6.07) is 10.8. The van der Waals surface area contributed by atoms with Gasteiger partial charge >= 0.3 is 0 Å². The van der Waals surface area contributed by atoms with Gasteiger partial charge in [-0.05, 0) is 39.8 Å². The van der Waals surface area contributed by atoms with Crippen molar-refractivity contribution in [2.45, 2.75) is 46.3 Å².